The molecule has 0 aliphatic carbocycles. The molecule has 0 unspecified atom stereocenters. The largest absolute Gasteiger partial charge is 0.383 e. The van der Waals surface area contributed by atoms with E-state index in [1.54, 1.807) is 30.3 Å². The molecule has 1 rings (SSSR count). The monoisotopic (exact) mass is 154 g/mol. The topological polar surface area (TPSA) is 60.7 Å². The molecule has 60 valence electrons. The van der Waals surface area contributed by atoms with Gasteiger partial charge in [-0.05, 0) is 5.56 Å². The predicted molar refractivity (Wildman–Crippen MR) is 39.6 cm³/mol. The fraction of sp³-hybridized carbons (Fsp3) is 0.250. The Hall–Kier alpha value is -0.900. The quantitative estimate of drug-likeness (QED) is 0.527. The highest BCUT2D eigenvalue weighted by molar-refractivity contribution is 5.17. The first-order chi connectivity index (χ1) is 5.22. The van der Waals surface area contributed by atoms with Gasteiger partial charge in [-0.3, -0.25) is 0 Å². The average Bonchev–Trinajstić information content (AvgIpc) is 2.05. The van der Waals surface area contributed by atoms with E-state index < -0.39 is 12.4 Å². The van der Waals surface area contributed by atoms with Gasteiger partial charge in [0.2, 0.25) is 0 Å². The summed E-state index contributed by atoms with van der Waals surface area (Å²) in [6.07, 6.45) is -2.92. The van der Waals surface area contributed by atoms with Crippen molar-refractivity contribution < 1.29 is 15.3 Å². The molecule has 0 saturated heterocycles. The molecule has 0 spiro atoms. The van der Waals surface area contributed by atoms with Crippen LogP contribution in [0.2, 0.25) is 0 Å². The van der Waals surface area contributed by atoms with Crippen LogP contribution in [0.1, 0.15) is 11.7 Å². The lowest BCUT2D eigenvalue weighted by Crippen LogP contribution is -2.16. The lowest BCUT2D eigenvalue weighted by atomic mass is 10.1. The van der Waals surface area contributed by atoms with Gasteiger partial charge in [-0.2, -0.15) is 0 Å². The summed E-state index contributed by atoms with van der Waals surface area (Å²) >= 11 is 0. The van der Waals surface area contributed by atoms with Gasteiger partial charge in [0.1, 0.15) is 6.10 Å². The Morgan fingerprint density at radius 1 is 0.909 bits per heavy atom. The number of aliphatic hydroxyl groups excluding tert-OH is 2. The molecule has 3 N–H and O–H groups in total. The van der Waals surface area contributed by atoms with E-state index >= 15 is 0 Å². The summed E-state index contributed by atoms with van der Waals surface area (Å²) in [5.41, 5.74) is 0.502. The van der Waals surface area contributed by atoms with Crippen molar-refractivity contribution in [2.24, 2.45) is 0 Å². The van der Waals surface area contributed by atoms with E-state index in [0.717, 1.165) is 0 Å². The molecule has 3 heteroatoms. The SMILES string of the molecule is OC(O)[C@H](O)c1ccccc1. The molecular formula is C8H10O3. The van der Waals surface area contributed by atoms with Gasteiger partial charge in [-0.15, -0.1) is 0 Å². The maximum atomic E-state index is 9.10. The van der Waals surface area contributed by atoms with Crippen LogP contribution in [-0.2, 0) is 0 Å². The molecule has 0 bridgehead atoms. The van der Waals surface area contributed by atoms with Gasteiger partial charge in [0.05, 0.1) is 0 Å². The van der Waals surface area contributed by atoms with Gasteiger partial charge >= 0.3 is 0 Å². The van der Waals surface area contributed by atoms with E-state index in [4.69, 9.17) is 15.3 Å². The summed E-state index contributed by atoms with van der Waals surface area (Å²) in [4.78, 5) is 0. The summed E-state index contributed by atoms with van der Waals surface area (Å²) in [6, 6.07) is 8.50. The second-order valence-electron chi connectivity index (χ2n) is 2.27. The van der Waals surface area contributed by atoms with Crippen molar-refractivity contribution >= 4 is 0 Å². The third-order valence-corrected chi connectivity index (χ3v) is 1.42. The molecule has 0 amide bonds. The number of hydrogen-bond donors (Lipinski definition) is 3. The highest BCUT2D eigenvalue weighted by atomic mass is 16.5. The molecule has 0 radical (unpaired) electrons. The Morgan fingerprint density at radius 2 is 1.45 bits per heavy atom. The minimum atomic E-state index is -1.71. The minimum absolute atomic E-state index is 0.502. The summed E-state index contributed by atoms with van der Waals surface area (Å²) in [5, 5.41) is 26.3. The fourth-order valence-electron chi connectivity index (χ4n) is 0.822. The molecule has 0 saturated carbocycles. The van der Waals surface area contributed by atoms with Gasteiger partial charge in [0, 0.05) is 0 Å². The van der Waals surface area contributed by atoms with Gasteiger partial charge < -0.3 is 15.3 Å². The van der Waals surface area contributed by atoms with Crippen LogP contribution in [-0.4, -0.2) is 21.6 Å². The van der Waals surface area contributed by atoms with E-state index in [-0.39, 0.29) is 0 Å². The lowest BCUT2D eigenvalue weighted by Gasteiger charge is -2.11. The van der Waals surface area contributed by atoms with E-state index in [0.29, 0.717) is 5.56 Å². The third kappa shape index (κ3) is 2.01. The second kappa shape index (κ2) is 3.48. The highest BCUT2D eigenvalue weighted by Crippen LogP contribution is 2.13. The number of rotatable bonds is 2. The molecule has 11 heavy (non-hydrogen) atoms. The minimum Gasteiger partial charge on any atom is -0.383 e. The maximum Gasteiger partial charge on any atom is 0.182 e. The van der Waals surface area contributed by atoms with Gasteiger partial charge in [-0.25, -0.2) is 0 Å². The smallest absolute Gasteiger partial charge is 0.182 e. The standard InChI is InChI=1S/C8H10O3/c9-7(8(10)11)6-4-2-1-3-5-6/h1-5,7-11H/t7-/m1/s1. The van der Waals surface area contributed by atoms with Crippen LogP contribution in [0.4, 0.5) is 0 Å². The van der Waals surface area contributed by atoms with Crippen LogP contribution in [0.3, 0.4) is 0 Å². The molecule has 1 aromatic rings. The summed E-state index contributed by atoms with van der Waals surface area (Å²) in [7, 11) is 0. The normalized spacial score (nSPS) is 13.5. The molecule has 0 aliphatic heterocycles. The molecule has 1 aromatic carbocycles. The van der Waals surface area contributed by atoms with Crippen LogP contribution in [0.25, 0.3) is 0 Å². The van der Waals surface area contributed by atoms with Crippen LogP contribution < -0.4 is 0 Å². The van der Waals surface area contributed by atoms with Crippen molar-refractivity contribution in [2.75, 3.05) is 0 Å². The Balaban J connectivity index is 2.77. The van der Waals surface area contributed by atoms with Crippen molar-refractivity contribution in [1.82, 2.24) is 0 Å². The van der Waals surface area contributed by atoms with Gasteiger partial charge in [0.15, 0.2) is 6.29 Å². The number of hydrogen-bond acceptors (Lipinski definition) is 3. The summed E-state index contributed by atoms with van der Waals surface area (Å²) in [5.74, 6) is 0. The first-order valence-corrected chi connectivity index (χ1v) is 3.31. The Bertz CT molecular complexity index is 208. The molecule has 0 aromatic heterocycles. The zero-order valence-corrected chi connectivity index (χ0v) is 5.88. The molecule has 0 heterocycles. The average molecular weight is 154 g/mol. The molecule has 0 aliphatic rings. The number of aliphatic hydroxyl groups is 3. The summed E-state index contributed by atoms with van der Waals surface area (Å²) in [6.45, 7) is 0. The van der Waals surface area contributed by atoms with Crippen LogP contribution in [0.15, 0.2) is 30.3 Å². The Labute approximate surface area is 64.5 Å². The van der Waals surface area contributed by atoms with E-state index in [1.165, 1.54) is 0 Å². The van der Waals surface area contributed by atoms with Crippen LogP contribution in [0.5, 0.6) is 0 Å². The van der Waals surface area contributed by atoms with Gasteiger partial charge in [-0.1, -0.05) is 30.3 Å². The first kappa shape index (κ1) is 8.20. The lowest BCUT2D eigenvalue weighted by molar-refractivity contribution is -0.123. The summed E-state index contributed by atoms with van der Waals surface area (Å²) < 4.78 is 0. The second-order valence-corrected chi connectivity index (χ2v) is 2.27. The van der Waals surface area contributed by atoms with Gasteiger partial charge in [0.25, 0.3) is 0 Å². The predicted octanol–water partition coefficient (Wildman–Crippen LogP) is 0.0307. The van der Waals surface area contributed by atoms with Crippen LogP contribution >= 0.6 is 0 Å². The Morgan fingerprint density at radius 3 is 1.91 bits per heavy atom. The fourth-order valence-corrected chi connectivity index (χ4v) is 0.822. The van der Waals surface area contributed by atoms with E-state index in [2.05, 4.69) is 0 Å². The van der Waals surface area contributed by atoms with Crippen molar-refractivity contribution in [1.29, 1.82) is 0 Å². The highest BCUT2D eigenvalue weighted by Gasteiger charge is 2.13. The maximum absolute atomic E-state index is 9.10. The van der Waals surface area contributed by atoms with E-state index in [9.17, 15) is 0 Å². The van der Waals surface area contributed by atoms with E-state index in [1.807, 2.05) is 0 Å². The Kier molecular flexibility index (Phi) is 2.59. The molecule has 3 nitrogen and oxygen atoms in total. The zero-order valence-electron chi connectivity index (χ0n) is 5.88. The molecule has 1 atom stereocenters. The van der Waals surface area contributed by atoms with Crippen molar-refractivity contribution in [3.8, 4) is 0 Å². The third-order valence-electron chi connectivity index (χ3n) is 1.42. The first-order valence-electron chi connectivity index (χ1n) is 3.31. The molecular weight excluding hydrogens is 144 g/mol. The van der Waals surface area contributed by atoms with Crippen molar-refractivity contribution in [3.05, 3.63) is 35.9 Å². The number of benzene rings is 1. The molecule has 0 fully saturated rings. The zero-order chi connectivity index (χ0) is 8.27. The van der Waals surface area contributed by atoms with Crippen molar-refractivity contribution in [3.63, 3.8) is 0 Å². The van der Waals surface area contributed by atoms with Crippen LogP contribution in [0, 0.1) is 0 Å². The van der Waals surface area contributed by atoms with Crippen molar-refractivity contribution in [2.45, 2.75) is 12.4 Å².